The number of carbonyl (C=O) groups excluding carboxylic acids is 1. The molecular formula is C21H28O. The molecule has 118 valence electrons. The van der Waals surface area contributed by atoms with Gasteiger partial charge in [0.1, 0.15) is 6.29 Å². The highest BCUT2D eigenvalue weighted by atomic mass is 16.1. The number of allylic oxidation sites excluding steroid dienone is 7. The van der Waals surface area contributed by atoms with Crippen LogP contribution in [0.4, 0.5) is 0 Å². The quantitative estimate of drug-likeness (QED) is 0.386. The van der Waals surface area contributed by atoms with E-state index in [0.717, 1.165) is 24.2 Å². The Balaban J connectivity index is 2.05. The van der Waals surface area contributed by atoms with Crippen LogP contribution in [0.15, 0.2) is 48.1 Å². The van der Waals surface area contributed by atoms with E-state index in [0.29, 0.717) is 17.3 Å². The predicted molar refractivity (Wildman–Crippen MR) is 92.4 cm³/mol. The summed E-state index contributed by atoms with van der Waals surface area (Å²) >= 11 is 0. The maximum atomic E-state index is 11.2. The lowest BCUT2D eigenvalue weighted by molar-refractivity contribution is -0.104. The highest BCUT2D eigenvalue weighted by Gasteiger charge is 2.54. The zero-order chi connectivity index (χ0) is 16.0. The minimum atomic E-state index is -0.0421. The third-order valence-electron chi connectivity index (χ3n) is 6.72. The lowest BCUT2D eigenvalue weighted by Crippen LogP contribution is -2.48. The number of rotatable bonds is 2. The Morgan fingerprint density at radius 2 is 2.09 bits per heavy atom. The van der Waals surface area contributed by atoms with Gasteiger partial charge in [-0.3, -0.25) is 4.79 Å². The van der Waals surface area contributed by atoms with Gasteiger partial charge in [0.2, 0.25) is 0 Å². The molecule has 2 saturated carbocycles. The van der Waals surface area contributed by atoms with Crippen molar-refractivity contribution in [1.29, 1.82) is 0 Å². The lowest BCUT2D eigenvalue weighted by Gasteiger charge is -2.56. The molecular weight excluding hydrogens is 268 g/mol. The van der Waals surface area contributed by atoms with Gasteiger partial charge >= 0.3 is 0 Å². The van der Waals surface area contributed by atoms with Gasteiger partial charge in [-0.25, -0.2) is 0 Å². The minimum Gasteiger partial charge on any atom is -0.299 e. The monoisotopic (exact) mass is 296 g/mol. The predicted octanol–water partition coefficient (Wildman–Crippen LogP) is 5.26. The molecule has 0 amide bonds. The summed E-state index contributed by atoms with van der Waals surface area (Å²) in [5, 5.41) is 0. The molecule has 0 aromatic rings. The van der Waals surface area contributed by atoms with Gasteiger partial charge in [-0.15, -0.1) is 0 Å². The van der Waals surface area contributed by atoms with Crippen LogP contribution in [0, 0.1) is 28.6 Å². The highest BCUT2D eigenvalue weighted by molar-refractivity contribution is 5.69. The van der Waals surface area contributed by atoms with Crippen LogP contribution in [0.3, 0.4) is 0 Å². The lowest BCUT2D eigenvalue weighted by atomic mass is 9.48. The van der Waals surface area contributed by atoms with Gasteiger partial charge in [0.05, 0.1) is 0 Å². The fourth-order valence-electron chi connectivity index (χ4n) is 5.70. The smallest absolute Gasteiger partial charge is 0.143 e. The van der Waals surface area contributed by atoms with E-state index in [1.807, 2.05) is 0 Å². The Kier molecular flexibility index (Phi) is 3.79. The van der Waals surface area contributed by atoms with Crippen molar-refractivity contribution in [2.75, 3.05) is 0 Å². The average Bonchev–Trinajstić information content (AvgIpc) is 2.86. The number of hydrogen-bond donors (Lipinski definition) is 0. The Labute approximate surface area is 134 Å². The number of fused-ring (bicyclic) bond motifs is 3. The van der Waals surface area contributed by atoms with Crippen LogP contribution < -0.4 is 0 Å². The Morgan fingerprint density at radius 1 is 1.32 bits per heavy atom. The second-order valence-electron chi connectivity index (χ2n) is 7.87. The van der Waals surface area contributed by atoms with Gasteiger partial charge in [0.15, 0.2) is 0 Å². The van der Waals surface area contributed by atoms with Gasteiger partial charge in [0, 0.05) is 5.41 Å². The van der Waals surface area contributed by atoms with Gasteiger partial charge in [0.25, 0.3) is 0 Å². The van der Waals surface area contributed by atoms with Gasteiger partial charge in [-0.05, 0) is 67.4 Å². The van der Waals surface area contributed by atoms with Crippen molar-refractivity contribution in [3.63, 3.8) is 0 Å². The topological polar surface area (TPSA) is 17.1 Å². The van der Waals surface area contributed by atoms with Crippen LogP contribution in [0.1, 0.15) is 46.5 Å². The molecule has 0 spiro atoms. The van der Waals surface area contributed by atoms with Crippen molar-refractivity contribution in [2.45, 2.75) is 46.5 Å². The Bertz CT molecular complexity index is 579. The molecule has 0 heterocycles. The van der Waals surface area contributed by atoms with Crippen LogP contribution in [0.25, 0.3) is 0 Å². The summed E-state index contributed by atoms with van der Waals surface area (Å²) in [7, 11) is 0. The van der Waals surface area contributed by atoms with Crippen LogP contribution in [-0.4, -0.2) is 6.29 Å². The fourth-order valence-corrected chi connectivity index (χ4v) is 5.70. The molecule has 5 unspecified atom stereocenters. The molecule has 0 aromatic heterocycles. The molecule has 5 atom stereocenters. The molecule has 3 aliphatic rings. The highest BCUT2D eigenvalue weighted by Crippen LogP contribution is 2.63. The van der Waals surface area contributed by atoms with Crippen molar-refractivity contribution >= 4 is 6.29 Å². The molecule has 1 nitrogen and oxygen atoms in total. The zero-order valence-electron chi connectivity index (χ0n) is 14.1. The standard InChI is InChI=1S/C21H28O/c1-5-10-21(4)17(9-13-22)15(2)14-16-18-7-6-11-20(18,3)12-8-19(16)21/h5-6,9-11,13,16,18-19H,2,7-8,12,14H2,1,3-4H3/b10-5-,17-9-. The first-order valence-electron chi connectivity index (χ1n) is 8.62. The summed E-state index contributed by atoms with van der Waals surface area (Å²) in [6.07, 6.45) is 16.8. The number of hydrogen-bond acceptors (Lipinski definition) is 1. The second-order valence-corrected chi connectivity index (χ2v) is 7.87. The molecule has 0 aromatic carbocycles. The van der Waals surface area contributed by atoms with Gasteiger partial charge < -0.3 is 0 Å². The van der Waals surface area contributed by atoms with Crippen molar-refractivity contribution in [1.82, 2.24) is 0 Å². The first-order chi connectivity index (χ1) is 10.5. The Morgan fingerprint density at radius 3 is 2.77 bits per heavy atom. The Hall–Kier alpha value is -1.37. The number of carbonyl (C=O) groups is 1. The first kappa shape index (κ1) is 15.5. The van der Waals surface area contributed by atoms with E-state index in [9.17, 15) is 4.79 Å². The summed E-state index contributed by atoms with van der Waals surface area (Å²) in [5.41, 5.74) is 2.67. The maximum absolute atomic E-state index is 11.2. The molecule has 0 radical (unpaired) electrons. The maximum Gasteiger partial charge on any atom is 0.143 e. The van der Waals surface area contributed by atoms with Crippen molar-refractivity contribution < 1.29 is 4.79 Å². The van der Waals surface area contributed by atoms with Crippen molar-refractivity contribution in [3.05, 3.63) is 48.1 Å². The van der Waals surface area contributed by atoms with E-state index in [2.05, 4.69) is 51.7 Å². The van der Waals surface area contributed by atoms with Gasteiger partial charge in [-0.1, -0.05) is 50.3 Å². The molecule has 0 bridgehead atoms. The molecule has 0 aliphatic heterocycles. The summed E-state index contributed by atoms with van der Waals surface area (Å²) < 4.78 is 0. The number of aldehydes is 1. The molecule has 3 aliphatic carbocycles. The van der Waals surface area contributed by atoms with E-state index in [1.165, 1.54) is 24.8 Å². The van der Waals surface area contributed by atoms with E-state index in [1.54, 1.807) is 6.08 Å². The summed E-state index contributed by atoms with van der Waals surface area (Å²) in [6, 6.07) is 0. The van der Waals surface area contributed by atoms with E-state index >= 15 is 0 Å². The SMILES string of the molecule is C=C1CC2C3CC=CC3(C)CCC2C(C)(/C=C\C)/C1=C\C=O. The summed E-state index contributed by atoms with van der Waals surface area (Å²) in [6.45, 7) is 11.2. The minimum absolute atomic E-state index is 0.0421. The zero-order valence-corrected chi connectivity index (χ0v) is 14.1. The molecule has 1 heteroatoms. The van der Waals surface area contributed by atoms with Crippen LogP contribution in [0.2, 0.25) is 0 Å². The molecule has 0 N–H and O–H groups in total. The molecule has 22 heavy (non-hydrogen) atoms. The fraction of sp³-hybridized carbons (Fsp3) is 0.571. The first-order valence-corrected chi connectivity index (χ1v) is 8.62. The third kappa shape index (κ3) is 2.09. The van der Waals surface area contributed by atoms with Crippen LogP contribution in [0.5, 0.6) is 0 Å². The normalized spacial score (nSPS) is 46.0. The van der Waals surface area contributed by atoms with Crippen molar-refractivity contribution in [2.24, 2.45) is 28.6 Å². The van der Waals surface area contributed by atoms with Crippen LogP contribution >= 0.6 is 0 Å². The van der Waals surface area contributed by atoms with E-state index < -0.39 is 0 Å². The summed E-state index contributed by atoms with van der Waals surface area (Å²) in [4.78, 5) is 11.2. The average molecular weight is 296 g/mol. The molecule has 0 saturated heterocycles. The molecule has 3 rings (SSSR count). The van der Waals surface area contributed by atoms with Gasteiger partial charge in [-0.2, -0.15) is 0 Å². The van der Waals surface area contributed by atoms with E-state index in [-0.39, 0.29) is 5.41 Å². The summed E-state index contributed by atoms with van der Waals surface area (Å²) in [5.74, 6) is 2.05. The van der Waals surface area contributed by atoms with Crippen LogP contribution in [-0.2, 0) is 4.79 Å². The van der Waals surface area contributed by atoms with Crippen molar-refractivity contribution in [3.8, 4) is 0 Å². The van der Waals surface area contributed by atoms with E-state index in [4.69, 9.17) is 0 Å². The third-order valence-corrected chi connectivity index (χ3v) is 6.72. The molecule has 2 fully saturated rings. The second kappa shape index (κ2) is 5.37. The largest absolute Gasteiger partial charge is 0.299 e.